The lowest BCUT2D eigenvalue weighted by atomic mass is 9.97. The molecule has 1 aliphatic carbocycles. The van der Waals surface area contributed by atoms with E-state index >= 15 is 0 Å². The van der Waals surface area contributed by atoms with E-state index in [2.05, 4.69) is 10.6 Å². The van der Waals surface area contributed by atoms with Crippen molar-refractivity contribution < 1.29 is 14.4 Å². The van der Waals surface area contributed by atoms with E-state index in [0.717, 1.165) is 28.8 Å². The van der Waals surface area contributed by atoms with Gasteiger partial charge in [0.1, 0.15) is 0 Å². The summed E-state index contributed by atoms with van der Waals surface area (Å²) in [5.74, 6) is -0.0857. The number of benzene rings is 3. The van der Waals surface area contributed by atoms with Crippen LogP contribution in [0.1, 0.15) is 55.0 Å². The fraction of sp³-hybridized carbons (Fsp3) is 0.222. The lowest BCUT2D eigenvalue weighted by Crippen LogP contribution is -2.25. The number of nitrogens with two attached hydrogens (primary N) is 1. The number of carbonyl (C=O) groups is 3. The van der Waals surface area contributed by atoms with Crippen molar-refractivity contribution in [3.8, 4) is 11.1 Å². The molecule has 1 fully saturated rings. The largest absolute Gasteiger partial charge is 0.366 e. The Balaban J connectivity index is 1.42. The lowest BCUT2D eigenvalue weighted by molar-refractivity contribution is 0.0943. The summed E-state index contributed by atoms with van der Waals surface area (Å²) in [4.78, 5) is 36.2. The van der Waals surface area contributed by atoms with Crippen LogP contribution in [-0.4, -0.2) is 24.3 Å². The summed E-state index contributed by atoms with van der Waals surface area (Å²) < 4.78 is 0. The molecular formula is C27H27N3O3. The Labute approximate surface area is 193 Å². The maximum absolute atomic E-state index is 12.7. The molecule has 168 valence electrons. The molecule has 6 heteroatoms. The van der Waals surface area contributed by atoms with Gasteiger partial charge < -0.3 is 16.4 Å². The van der Waals surface area contributed by atoms with E-state index in [-0.39, 0.29) is 11.8 Å². The second kappa shape index (κ2) is 9.69. The summed E-state index contributed by atoms with van der Waals surface area (Å²) >= 11 is 0. The zero-order valence-electron chi connectivity index (χ0n) is 18.6. The van der Waals surface area contributed by atoms with Gasteiger partial charge in [0.15, 0.2) is 0 Å². The smallest absolute Gasteiger partial charge is 0.251 e. The van der Waals surface area contributed by atoms with Crippen molar-refractivity contribution in [2.45, 2.75) is 26.3 Å². The molecule has 3 aromatic carbocycles. The van der Waals surface area contributed by atoms with Gasteiger partial charge in [0.25, 0.3) is 11.8 Å². The Morgan fingerprint density at radius 2 is 1.42 bits per heavy atom. The quantitative estimate of drug-likeness (QED) is 0.495. The minimum atomic E-state index is -0.482. The van der Waals surface area contributed by atoms with Gasteiger partial charge in [0.05, 0.1) is 0 Å². The van der Waals surface area contributed by atoms with Crippen molar-refractivity contribution in [3.63, 3.8) is 0 Å². The molecule has 0 heterocycles. The Morgan fingerprint density at radius 3 is 2.06 bits per heavy atom. The molecule has 0 unspecified atom stereocenters. The third kappa shape index (κ3) is 5.66. The zero-order valence-corrected chi connectivity index (χ0v) is 18.6. The molecule has 0 atom stereocenters. The SMILES string of the molecule is Cc1ccc(C(=O)NCc2ccc(C(N)=O)cc2)cc1-c1ccc(C(=O)NCC2CC2)cc1. The molecule has 6 nitrogen and oxygen atoms in total. The monoisotopic (exact) mass is 441 g/mol. The van der Waals surface area contributed by atoms with Crippen LogP contribution in [0.2, 0.25) is 0 Å². The van der Waals surface area contributed by atoms with Crippen molar-refractivity contribution in [1.82, 2.24) is 10.6 Å². The molecular weight excluding hydrogens is 414 g/mol. The van der Waals surface area contributed by atoms with Gasteiger partial charge in [-0.2, -0.15) is 0 Å². The number of nitrogens with one attached hydrogen (secondary N) is 2. The third-order valence-electron chi connectivity index (χ3n) is 5.90. The van der Waals surface area contributed by atoms with Gasteiger partial charge in [-0.3, -0.25) is 14.4 Å². The van der Waals surface area contributed by atoms with Gasteiger partial charge in [0, 0.05) is 29.8 Å². The van der Waals surface area contributed by atoms with Crippen molar-refractivity contribution >= 4 is 17.7 Å². The Hall–Kier alpha value is -3.93. The summed E-state index contributed by atoms with van der Waals surface area (Å²) in [6.07, 6.45) is 2.40. The fourth-order valence-electron chi connectivity index (χ4n) is 3.61. The number of hydrogen-bond acceptors (Lipinski definition) is 3. The van der Waals surface area contributed by atoms with Crippen LogP contribution in [-0.2, 0) is 6.54 Å². The Bertz CT molecular complexity index is 1180. The van der Waals surface area contributed by atoms with E-state index in [4.69, 9.17) is 5.73 Å². The maximum Gasteiger partial charge on any atom is 0.251 e. The van der Waals surface area contributed by atoms with Crippen molar-refractivity contribution in [1.29, 1.82) is 0 Å². The lowest BCUT2D eigenvalue weighted by Gasteiger charge is -2.11. The van der Waals surface area contributed by atoms with Gasteiger partial charge >= 0.3 is 0 Å². The van der Waals surface area contributed by atoms with E-state index in [0.29, 0.717) is 29.2 Å². The number of amides is 3. The van der Waals surface area contributed by atoms with E-state index in [1.54, 1.807) is 30.3 Å². The molecule has 3 amide bonds. The minimum Gasteiger partial charge on any atom is -0.366 e. The fourth-order valence-corrected chi connectivity index (χ4v) is 3.61. The second-order valence-corrected chi connectivity index (χ2v) is 8.50. The second-order valence-electron chi connectivity index (χ2n) is 8.50. The van der Waals surface area contributed by atoms with Crippen LogP contribution in [0.3, 0.4) is 0 Å². The van der Waals surface area contributed by atoms with E-state index in [1.807, 2.05) is 43.3 Å². The molecule has 0 bridgehead atoms. The zero-order chi connectivity index (χ0) is 23.4. The van der Waals surface area contributed by atoms with Crippen molar-refractivity contribution in [2.24, 2.45) is 11.7 Å². The van der Waals surface area contributed by atoms with Crippen LogP contribution in [0.25, 0.3) is 11.1 Å². The maximum atomic E-state index is 12.7. The van der Waals surface area contributed by atoms with E-state index < -0.39 is 5.91 Å². The van der Waals surface area contributed by atoms with Gasteiger partial charge in [-0.15, -0.1) is 0 Å². The third-order valence-corrected chi connectivity index (χ3v) is 5.90. The van der Waals surface area contributed by atoms with Gasteiger partial charge in [0.2, 0.25) is 5.91 Å². The molecule has 0 aliphatic heterocycles. The summed E-state index contributed by atoms with van der Waals surface area (Å²) in [7, 11) is 0. The highest BCUT2D eigenvalue weighted by Gasteiger charge is 2.21. The molecule has 1 aliphatic rings. The van der Waals surface area contributed by atoms with Crippen LogP contribution in [0.4, 0.5) is 0 Å². The summed E-state index contributed by atoms with van der Waals surface area (Å²) in [6, 6.07) is 19.9. The average Bonchev–Trinajstić information content (AvgIpc) is 3.66. The summed E-state index contributed by atoms with van der Waals surface area (Å²) in [6.45, 7) is 3.07. The number of rotatable bonds is 8. The van der Waals surface area contributed by atoms with Crippen LogP contribution >= 0.6 is 0 Å². The van der Waals surface area contributed by atoms with E-state index in [9.17, 15) is 14.4 Å². The molecule has 33 heavy (non-hydrogen) atoms. The number of aryl methyl sites for hydroxylation is 1. The highest BCUT2D eigenvalue weighted by molar-refractivity contribution is 5.97. The number of hydrogen-bond donors (Lipinski definition) is 3. The van der Waals surface area contributed by atoms with Gasteiger partial charge in [-0.1, -0.05) is 30.3 Å². The molecule has 4 rings (SSSR count). The molecule has 3 aromatic rings. The number of carbonyl (C=O) groups excluding carboxylic acids is 3. The van der Waals surface area contributed by atoms with Gasteiger partial charge in [-0.05, 0) is 84.3 Å². The first-order valence-corrected chi connectivity index (χ1v) is 11.1. The Morgan fingerprint density at radius 1 is 0.818 bits per heavy atom. The first-order valence-electron chi connectivity index (χ1n) is 11.1. The first-order chi connectivity index (χ1) is 15.9. The van der Waals surface area contributed by atoms with Crippen LogP contribution in [0, 0.1) is 12.8 Å². The van der Waals surface area contributed by atoms with Gasteiger partial charge in [-0.25, -0.2) is 0 Å². The highest BCUT2D eigenvalue weighted by Crippen LogP contribution is 2.28. The standard InChI is InChI=1S/C27H27N3O3/c1-17-2-7-23(27(33)30-16-19-5-8-21(9-6-19)25(28)31)14-24(17)20-10-12-22(13-11-20)26(32)29-15-18-3-4-18/h2,5-14,18H,3-4,15-16H2,1H3,(H2,28,31)(H,29,32)(H,30,33). The molecule has 0 radical (unpaired) electrons. The summed E-state index contributed by atoms with van der Waals surface area (Å²) in [5.41, 5.74) is 10.7. The van der Waals surface area contributed by atoms with Crippen molar-refractivity contribution in [3.05, 3.63) is 94.5 Å². The molecule has 4 N–H and O–H groups in total. The average molecular weight is 442 g/mol. The molecule has 0 saturated heterocycles. The predicted molar refractivity (Wildman–Crippen MR) is 128 cm³/mol. The summed E-state index contributed by atoms with van der Waals surface area (Å²) in [5, 5.41) is 5.88. The van der Waals surface area contributed by atoms with Crippen LogP contribution in [0.5, 0.6) is 0 Å². The topological polar surface area (TPSA) is 101 Å². The molecule has 0 spiro atoms. The normalized spacial score (nSPS) is 12.8. The number of primary amides is 1. The first kappa shape index (κ1) is 22.3. The predicted octanol–water partition coefficient (Wildman–Crippen LogP) is 3.83. The van der Waals surface area contributed by atoms with E-state index in [1.165, 1.54) is 12.8 Å². The molecule has 1 saturated carbocycles. The van der Waals surface area contributed by atoms with Crippen molar-refractivity contribution in [2.75, 3.05) is 6.54 Å². The highest BCUT2D eigenvalue weighted by atomic mass is 16.2. The van der Waals surface area contributed by atoms with Crippen LogP contribution in [0.15, 0.2) is 66.7 Å². The Kier molecular flexibility index (Phi) is 6.54. The molecule has 0 aromatic heterocycles. The minimum absolute atomic E-state index is 0.0536. The van der Waals surface area contributed by atoms with Crippen LogP contribution < -0.4 is 16.4 Å².